The second-order valence-corrected chi connectivity index (χ2v) is 4.30. The van der Waals surface area contributed by atoms with Crippen LogP contribution in [0.25, 0.3) is 0 Å². The summed E-state index contributed by atoms with van der Waals surface area (Å²) in [5.74, 6) is -0.635. The summed E-state index contributed by atoms with van der Waals surface area (Å²) in [7, 11) is 0. The molecule has 102 valence electrons. The molecule has 0 aliphatic carbocycles. The zero-order chi connectivity index (χ0) is 14.2. The Morgan fingerprint density at radius 1 is 1.47 bits per heavy atom. The number of carbonyl (C=O) groups is 1. The van der Waals surface area contributed by atoms with Gasteiger partial charge in [-0.3, -0.25) is 0 Å². The third-order valence-corrected chi connectivity index (χ3v) is 2.73. The van der Waals surface area contributed by atoms with Gasteiger partial charge in [0.2, 0.25) is 0 Å². The number of carbonyl (C=O) groups excluding carboxylic acids is 1. The quantitative estimate of drug-likeness (QED) is 0.851. The van der Waals surface area contributed by atoms with E-state index in [0.717, 1.165) is 12.3 Å². The van der Waals surface area contributed by atoms with Crippen LogP contribution in [0.4, 0.5) is 19.0 Å². The Morgan fingerprint density at radius 3 is 2.68 bits per heavy atom. The van der Waals surface area contributed by atoms with Gasteiger partial charge in [-0.1, -0.05) is 11.6 Å². The first kappa shape index (κ1) is 13.7. The predicted molar refractivity (Wildman–Crippen MR) is 61.5 cm³/mol. The van der Waals surface area contributed by atoms with Gasteiger partial charge in [0.25, 0.3) is 0 Å². The molecular formula is C11H8ClF3N2O2. The fourth-order valence-electron chi connectivity index (χ4n) is 1.52. The maximum Gasteiger partial charge on any atom is 0.418 e. The molecule has 0 radical (unpaired) electrons. The molecule has 1 aliphatic heterocycles. The highest BCUT2D eigenvalue weighted by Crippen LogP contribution is 2.35. The first-order valence-corrected chi connectivity index (χ1v) is 5.53. The number of anilines is 1. The lowest BCUT2D eigenvalue weighted by Gasteiger charge is -2.16. The van der Waals surface area contributed by atoms with Crippen molar-refractivity contribution in [3.8, 4) is 0 Å². The van der Waals surface area contributed by atoms with E-state index in [4.69, 9.17) is 16.3 Å². The zero-order valence-electron chi connectivity index (χ0n) is 9.58. The van der Waals surface area contributed by atoms with E-state index in [0.29, 0.717) is 5.57 Å². The Bertz CT molecular complexity index is 557. The number of halogens is 4. The van der Waals surface area contributed by atoms with Crippen molar-refractivity contribution in [2.24, 2.45) is 0 Å². The summed E-state index contributed by atoms with van der Waals surface area (Å²) in [5.41, 5.74) is -0.451. The number of esters is 1. The number of pyridine rings is 1. The topological polar surface area (TPSA) is 51.2 Å². The lowest BCUT2D eigenvalue weighted by atomic mass is 10.2. The molecule has 1 aromatic heterocycles. The fourth-order valence-corrected chi connectivity index (χ4v) is 1.73. The molecule has 8 heteroatoms. The minimum absolute atomic E-state index is 0.0795. The highest BCUT2D eigenvalue weighted by Gasteiger charge is 2.34. The Labute approximate surface area is 111 Å². The number of nitrogens with one attached hydrogen (secondary N) is 1. The van der Waals surface area contributed by atoms with Crippen LogP contribution in [-0.4, -0.2) is 17.2 Å². The van der Waals surface area contributed by atoms with E-state index in [9.17, 15) is 18.0 Å². The van der Waals surface area contributed by atoms with E-state index in [-0.39, 0.29) is 5.82 Å². The fraction of sp³-hybridized carbons (Fsp3) is 0.273. The van der Waals surface area contributed by atoms with E-state index in [1.54, 1.807) is 6.92 Å². The zero-order valence-corrected chi connectivity index (χ0v) is 10.3. The Morgan fingerprint density at radius 2 is 2.16 bits per heavy atom. The van der Waals surface area contributed by atoms with Crippen molar-refractivity contribution in [2.45, 2.75) is 19.3 Å². The van der Waals surface area contributed by atoms with E-state index in [2.05, 4.69) is 10.3 Å². The van der Waals surface area contributed by atoms with Crippen molar-refractivity contribution in [1.29, 1.82) is 0 Å². The van der Waals surface area contributed by atoms with Crippen LogP contribution in [-0.2, 0) is 15.7 Å². The summed E-state index contributed by atoms with van der Waals surface area (Å²) in [6.45, 7) is 1.61. The molecule has 1 unspecified atom stereocenters. The van der Waals surface area contributed by atoms with Crippen molar-refractivity contribution < 1.29 is 22.7 Å². The molecule has 4 nitrogen and oxygen atoms in total. The molecular weight excluding hydrogens is 285 g/mol. The van der Waals surface area contributed by atoms with Crippen LogP contribution in [0.5, 0.6) is 0 Å². The van der Waals surface area contributed by atoms with Gasteiger partial charge in [-0.2, -0.15) is 13.2 Å². The molecule has 0 bridgehead atoms. The lowest BCUT2D eigenvalue weighted by Crippen LogP contribution is -2.22. The summed E-state index contributed by atoms with van der Waals surface area (Å²) < 4.78 is 42.8. The second-order valence-electron chi connectivity index (χ2n) is 3.90. The number of ether oxygens (including phenoxy) is 1. The van der Waals surface area contributed by atoms with E-state index in [1.807, 2.05) is 0 Å². The smallest absolute Gasteiger partial charge is 0.418 e. The number of alkyl halides is 3. The highest BCUT2D eigenvalue weighted by molar-refractivity contribution is 6.31. The van der Waals surface area contributed by atoms with Gasteiger partial charge in [0, 0.05) is 12.3 Å². The first-order chi connectivity index (χ1) is 8.77. The number of cyclic esters (lactones) is 1. The standard InChI is InChI=1S/C11H8ClF3N2O2/c1-5-2-9(18)19-10(5)17-8-3-6(11(13,14)15)7(12)4-16-8/h2-4,10H,1H3,(H,16,17). The van der Waals surface area contributed by atoms with Crippen molar-refractivity contribution in [1.82, 2.24) is 4.98 Å². The van der Waals surface area contributed by atoms with Gasteiger partial charge in [0.05, 0.1) is 10.6 Å². The number of nitrogens with zero attached hydrogens (tertiary/aromatic N) is 1. The molecule has 1 atom stereocenters. The van der Waals surface area contributed by atoms with Gasteiger partial charge >= 0.3 is 12.1 Å². The van der Waals surface area contributed by atoms with Crippen molar-refractivity contribution in [3.63, 3.8) is 0 Å². The van der Waals surface area contributed by atoms with E-state index >= 15 is 0 Å². The predicted octanol–water partition coefficient (Wildman–Crippen LogP) is 2.99. The first-order valence-electron chi connectivity index (χ1n) is 5.15. The SMILES string of the molecule is CC1=CC(=O)OC1Nc1cc(C(F)(F)F)c(Cl)cn1. The molecule has 2 rings (SSSR count). The largest absolute Gasteiger partial charge is 0.435 e. The van der Waals surface area contributed by atoms with Crippen LogP contribution in [0.2, 0.25) is 5.02 Å². The number of rotatable bonds is 2. The number of hydrogen-bond donors (Lipinski definition) is 1. The van der Waals surface area contributed by atoms with Crippen LogP contribution >= 0.6 is 11.6 Å². The van der Waals surface area contributed by atoms with Crippen LogP contribution in [0.3, 0.4) is 0 Å². The monoisotopic (exact) mass is 292 g/mol. The Hall–Kier alpha value is -1.76. The maximum absolute atomic E-state index is 12.6. The third-order valence-electron chi connectivity index (χ3n) is 2.43. The van der Waals surface area contributed by atoms with Crippen molar-refractivity contribution in [2.75, 3.05) is 5.32 Å². The molecule has 0 saturated carbocycles. The Balaban J connectivity index is 2.23. The van der Waals surface area contributed by atoms with E-state index in [1.165, 1.54) is 6.08 Å². The molecule has 0 amide bonds. The minimum atomic E-state index is -4.58. The van der Waals surface area contributed by atoms with Crippen LogP contribution < -0.4 is 5.32 Å². The van der Waals surface area contributed by atoms with Gasteiger partial charge in [-0.15, -0.1) is 0 Å². The molecule has 0 saturated heterocycles. The minimum Gasteiger partial charge on any atom is -0.435 e. The van der Waals surface area contributed by atoms with Gasteiger partial charge < -0.3 is 10.1 Å². The lowest BCUT2D eigenvalue weighted by molar-refractivity contribution is -0.138. The molecule has 0 aromatic carbocycles. The van der Waals surface area contributed by atoms with Crippen LogP contribution in [0.1, 0.15) is 12.5 Å². The number of hydrogen-bond acceptors (Lipinski definition) is 4. The Kier molecular flexibility index (Phi) is 3.40. The van der Waals surface area contributed by atoms with Gasteiger partial charge in [-0.05, 0) is 18.6 Å². The molecule has 1 N–H and O–H groups in total. The summed E-state index contributed by atoms with van der Waals surface area (Å²) >= 11 is 5.44. The molecule has 19 heavy (non-hydrogen) atoms. The average Bonchev–Trinajstić information content (AvgIpc) is 2.58. The summed E-state index contributed by atoms with van der Waals surface area (Å²) in [4.78, 5) is 14.7. The van der Waals surface area contributed by atoms with Crippen LogP contribution in [0, 0.1) is 0 Å². The maximum atomic E-state index is 12.6. The average molecular weight is 293 g/mol. The van der Waals surface area contributed by atoms with Crippen molar-refractivity contribution >= 4 is 23.4 Å². The second kappa shape index (κ2) is 4.73. The molecule has 1 aliphatic rings. The highest BCUT2D eigenvalue weighted by atomic mass is 35.5. The van der Waals surface area contributed by atoms with Gasteiger partial charge in [-0.25, -0.2) is 9.78 Å². The van der Waals surface area contributed by atoms with Gasteiger partial charge in [0.15, 0.2) is 6.23 Å². The normalized spacial score (nSPS) is 19.1. The van der Waals surface area contributed by atoms with E-state index < -0.39 is 29.0 Å². The number of aromatic nitrogens is 1. The molecule has 1 aromatic rings. The molecule has 2 heterocycles. The third kappa shape index (κ3) is 2.98. The molecule has 0 fully saturated rings. The molecule has 0 spiro atoms. The summed E-state index contributed by atoms with van der Waals surface area (Å²) in [6, 6.07) is 0.766. The summed E-state index contributed by atoms with van der Waals surface area (Å²) in [5, 5.41) is 2.09. The van der Waals surface area contributed by atoms with Crippen LogP contribution in [0.15, 0.2) is 23.9 Å². The van der Waals surface area contributed by atoms with Gasteiger partial charge in [0.1, 0.15) is 5.82 Å². The van der Waals surface area contributed by atoms with Crippen molar-refractivity contribution in [3.05, 3.63) is 34.5 Å². The summed E-state index contributed by atoms with van der Waals surface area (Å²) in [6.07, 6.45) is -3.25.